The van der Waals surface area contributed by atoms with E-state index in [-0.39, 0.29) is 17.7 Å². The van der Waals surface area contributed by atoms with Gasteiger partial charge in [0.25, 0.3) is 0 Å². The van der Waals surface area contributed by atoms with Crippen molar-refractivity contribution in [2.24, 2.45) is 0 Å². The number of hydrogen-bond donors (Lipinski definition) is 1. The topological polar surface area (TPSA) is 64.6 Å². The van der Waals surface area contributed by atoms with E-state index >= 15 is 0 Å². The van der Waals surface area contributed by atoms with Crippen molar-refractivity contribution in [1.82, 2.24) is 5.32 Å². The minimum Gasteiger partial charge on any atom is -0.493 e. The first-order valence-electron chi connectivity index (χ1n) is 12.2. The highest BCUT2D eigenvalue weighted by Crippen LogP contribution is 2.47. The monoisotopic (exact) mass is 459 g/mol. The summed E-state index contributed by atoms with van der Waals surface area (Å²) < 4.78 is 11.6. The van der Waals surface area contributed by atoms with Gasteiger partial charge < -0.3 is 14.8 Å². The first kappa shape index (κ1) is 23.8. The molecule has 1 N–H and O–H groups in total. The van der Waals surface area contributed by atoms with E-state index in [2.05, 4.69) is 24.4 Å². The molecule has 1 aliphatic carbocycles. The first-order chi connectivity index (χ1) is 16.5. The van der Waals surface area contributed by atoms with Crippen molar-refractivity contribution in [1.29, 1.82) is 0 Å². The molecular formula is C29H33NO4. The second kappa shape index (κ2) is 10.7. The maximum absolute atomic E-state index is 13.7. The van der Waals surface area contributed by atoms with Gasteiger partial charge in [0.05, 0.1) is 24.7 Å². The van der Waals surface area contributed by atoms with Crippen molar-refractivity contribution in [3.05, 3.63) is 88.3 Å². The minimum absolute atomic E-state index is 0.0613. The summed E-state index contributed by atoms with van der Waals surface area (Å²) >= 11 is 0. The molecule has 34 heavy (non-hydrogen) atoms. The molecule has 2 aliphatic rings. The third kappa shape index (κ3) is 4.79. The fraction of sp³-hybridized carbons (Fsp3) is 0.379. The molecule has 0 bridgehead atoms. The van der Waals surface area contributed by atoms with Gasteiger partial charge in [-0.1, -0.05) is 62.4 Å². The number of carbonyl (C=O) groups excluding carboxylic acids is 2. The van der Waals surface area contributed by atoms with E-state index in [1.54, 1.807) is 0 Å². The molecule has 0 unspecified atom stereocenters. The van der Waals surface area contributed by atoms with Gasteiger partial charge in [-0.05, 0) is 43.7 Å². The van der Waals surface area contributed by atoms with Gasteiger partial charge in [0, 0.05) is 29.0 Å². The zero-order chi connectivity index (χ0) is 24.1. The van der Waals surface area contributed by atoms with Crippen molar-refractivity contribution < 1.29 is 19.1 Å². The van der Waals surface area contributed by atoms with E-state index in [0.29, 0.717) is 43.0 Å². The Labute approximate surface area is 201 Å². The van der Waals surface area contributed by atoms with Gasteiger partial charge in [-0.15, -0.1) is 0 Å². The molecule has 2 atom stereocenters. The van der Waals surface area contributed by atoms with Crippen LogP contribution in [0.1, 0.15) is 69.4 Å². The Morgan fingerprint density at radius 2 is 1.68 bits per heavy atom. The molecule has 2 aromatic carbocycles. The van der Waals surface area contributed by atoms with Crippen LogP contribution in [0, 0.1) is 0 Å². The van der Waals surface area contributed by atoms with Crippen molar-refractivity contribution in [3.8, 4) is 5.75 Å². The summed E-state index contributed by atoms with van der Waals surface area (Å²) in [6.07, 6.45) is 2.73. The Morgan fingerprint density at radius 3 is 2.41 bits per heavy atom. The number of carbonyl (C=O) groups is 2. The summed E-state index contributed by atoms with van der Waals surface area (Å²) in [5, 5.41) is 3.42. The van der Waals surface area contributed by atoms with Crippen molar-refractivity contribution in [2.75, 3.05) is 13.2 Å². The van der Waals surface area contributed by atoms with Gasteiger partial charge in [0.15, 0.2) is 5.78 Å². The largest absolute Gasteiger partial charge is 0.493 e. The molecule has 5 nitrogen and oxygen atoms in total. The third-order valence-electron chi connectivity index (χ3n) is 6.45. The number of esters is 1. The van der Waals surface area contributed by atoms with E-state index in [1.807, 2.05) is 56.3 Å². The van der Waals surface area contributed by atoms with Crippen LogP contribution in [0.15, 0.2) is 77.1 Å². The quantitative estimate of drug-likeness (QED) is 0.506. The van der Waals surface area contributed by atoms with Crippen LogP contribution in [-0.4, -0.2) is 25.0 Å². The molecule has 2 aromatic rings. The summed E-state index contributed by atoms with van der Waals surface area (Å²) in [6, 6.07) is 17.9. The second-order valence-electron chi connectivity index (χ2n) is 8.95. The molecule has 0 amide bonds. The number of ketones is 1. The molecule has 0 spiro atoms. The lowest BCUT2D eigenvalue weighted by Crippen LogP contribution is -2.36. The molecule has 4 rings (SSSR count). The Hall–Kier alpha value is -3.34. The van der Waals surface area contributed by atoms with E-state index in [1.165, 1.54) is 0 Å². The first-order valence-corrected chi connectivity index (χ1v) is 12.2. The maximum atomic E-state index is 13.7. The molecule has 0 radical (unpaired) electrons. The summed E-state index contributed by atoms with van der Waals surface area (Å²) in [5.41, 5.74) is 4.77. The Morgan fingerprint density at radius 1 is 0.971 bits per heavy atom. The SMILES string of the molecule is CCCOC(=O)C1=C(C)NC2=C(C(=O)C[C@@H](c3ccccc3)C2)[C@H]1c1ccccc1OCCC. The lowest BCUT2D eigenvalue weighted by molar-refractivity contribution is -0.139. The molecule has 1 aliphatic heterocycles. The van der Waals surface area contributed by atoms with Crippen LogP contribution in [0.25, 0.3) is 0 Å². The highest BCUT2D eigenvalue weighted by molar-refractivity contribution is 6.04. The summed E-state index contributed by atoms with van der Waals surface area (Å²) in [6.45, 7) is 6.82. The van der Waals surface area contributed by atoms with E-state index in [9.17, 15) is 9.59 Å². The Bertz CT molecular complexity index is 1120. The summed E-state index contributed by atoms with van der Waals surface area (Å²) in [7, 11) is 0. The van der Waals surface area contributed by atoms with Crippen molar-refractivity contribution >= 4 is 11.8 Å². The minimum atomic E-state index is -0.516. The number of Topliss-reactive ketones (excluding diaryl/α,β-unsaturated/α-hetero) is 1. The van der Waals surface area contributed by atoms with Crippen molar-refractivity contribution in [2.45, 2.75) is 58.3 Å². The highest BCUT2D eigenvalue weighted by Gasteiger charge is 2.42. The van der Waals surface area contributed by atoms with Gasteiger partial charge >= 0.3 is 5.97 Å². The average molecular weight is 460 g/mol. The van der Waals surface area contributed by atoms with Gasteiger partial charge in [-0.25, -0.2) is 4.79 Å². The van der Waals surface area contributed by atoms with Gasteiger partial charge in [-0.3, -0.25) is 4.79 Å². The number of hydrogen-bond acceptors (Lipinski definition) is 5. The molecular weight excluding hydrogens is 426 g/mol. The van der Waals surface area contributed by atoms with E-state index in [4.69, 9.17) is 9.47 Å². The molecule has 0 fully saturated rings. The standard InChI is InChI=1S/C29H33NO4/c1-4-15-33-25-14-10-9-13-22(25)27-26(29(32)34-16-5-2)19(3)30-23-17-21(18-24(31)28(23)27)20-11-7-6-8-12-20/h6-14,21,27,30H,4-5,15-18H2,1-3H3/t21-,27-/m0/s1. The lowest BCUT2D eigenvalue weighted by atomic mass is 9.71. The zero-order valence-corrected chi connectivity index (χ0v) is 20.2. The van der Waals surface area contributed by atoms with Crippen LogP contribution in [0.2, 0.25) is 0 Å². The molecule has 0 saturated heterocycles. The smallest absolute Gasteiger partial charge is 0.336 e. The predicted molar refractivity (Wildman–Crippen MR) is 133 cm³/mol. The number of ether oxygens (including phenoxy) is 2. The number of allylic oxidation sites excluding steroid dienone is 3. The van der Waals surface area contributed by atoms with E-state index in [0.717, 1.165) is 35.4 Å². The second-order valence-corrected chi connectivity index (χ2v) is 8.95. The normalized spacial score (nSPS) is 20.0. The number of para-hydroxylation sites is 1. The van der Waals surface area contributed by atoms with Crippen LogP contribution >= 0.6 is 0 Å². The molecule has 5 heteroatoms. The summed E-state index contributed by atoms with van der Waals surface area (Å²) in [5.74, 6) is -0.0287. The molecule has 0 aromatic heterocycles. The fourth-order valence-electron chi connectivity index (χ4n) is 4.92. The molecule has 0 saturated carbocycles. The van der Waals surface area contributed by atoms with Gasteiger partial charge in [-0.2, -0.15) is 0 Å². The number of nitrogens with one attached hydrogen (secondary N) is 1. The van der Waals surface area contributed by atoms with Gasteiger partial charge in [0.2, 0.25) is 0 Å². The number of dihydropyridines is 1. The van der Waals surface area contributed by atoms with Crippen LogP contribution in [0.5, 0.6) is 5.75 Å². The van der Waals surface area contributed by atoms with Crippen LogP contribution in [0.4, 0.5) is 0 Å². The lowest BCUT2D eigenvalue weighted by Gasteiger charge is -2.37. The Kier molecular flexibility index (Phi) is 7.51. The fourth-order valence-corrected chi connectivity index (χ4v) is 4.92. The van der Waals surface area contributed by atoms with Crippen LogP contribution in [-0.2, 0) is 14.3 Å². The summed E-state index contributed by atoms with van der Waals surface area (Å²) in [4.78, 5) is 26.9. The number of benzene rings is 2. The average Bonchev–Trinajstić information content (AvgIpc) is 2.85. The third-order valence-corrected chi connectivity index (χ3v) is 6.45. The maximum Gasteiger partial charge on any atom is 0.336 e. The Balaban J connectivity index is 1.81. The molecule has 1 heterocycles. The van der Waals surface area contributed by atoms with Gasteiger partial charge in [0.1, 0.15) is 5.75 Å². The zero-order valence-electron chi connectivity index (χ0n) is 20.2. The molecule has 178 valence electrons. The van der Waals surface area contributed by atoms with Crippen LogP contribution < -0.4 is 10.1 Å². The van der Waals surface area contributed by atoms with E-state index < -0.39 is 5.92 Å². The van der Waals surface area contributed by atoms with Crippen LogP contribution in [0.3, 0.4) is 0 Å². The number of rotatable bonds is 8. The predicted octanol–water partition coefficient (Wildman–Crippen LogP) is 5.79. The highest BCUT2D eigenvalue weighted by atomic mass is 16.5. The van der Waals surface area contributed by atoms with Crippen molar-refractivity contribution in [3.63, 3.8) is 0 Å².